The van der Waals surface area contributed by atoms with Gasteiger partial charge in [-0.3, -0.25) is 19.3 Å². The smallest absolute Gasteiger partial charge is 0.300 e. The monoisotopic (exact) mass is 489 g/mol. The second kappa shape index (κ2) is 9.64. The Bertz CT molecular complexity index is 1350. The van der Waals surface area contributed by atoms with Crippen LogP contribution in [0.1, 0.15) is 24.1 Å². The SMILES string of the molecule is CC(=O)Nc1cccc(N2C(=O)C(=O)/C(=C(/O)c3cccc(Cl)c3)C2c2ccc(N(C)C)cc2)c1. The maximum absolute atomic E-state index is 13.3. The molecule has 2 amide bonds. The minimum Gasteiger partial charge on any atom is -0.507 e. The molecule has 1 aliphatic heterocycles. The van der Waals surface area contributed by atoms with Crippen LogP contribution in [0.2, 0.25) is 5.02 Å². The summed E-state index contributed by atoms with van der Waals surface area (Å²) in [5.41, 5.74) is 2.76. The number of carbonyl (C=O) groups excluding carboxylic acids is 3. The van der Waals surface area contributed by atoms with Crippen molar-refractivity contribution in [2.45, 2.75) is 13.0 Å². The number of aliphatic hydroxyl groups excluding tert-OH is 1. The van der Waals surface area contributed by atoms with E-state index < -0.39 is 17.7 Å². The van der Waals surface area contributed by atoms with Gasteiger partial charge in [-0.25, -0.2) is 0 Å². The highest BCUT2D eigenvalue weighted by Crippen LogP contribution is 2.43. The van der Waals surface area contributed by atoms with Crippen molar-refractivity contribution in [3.8, 4) is 0 Å². The van der Waals surface area contributed by atoms with Crippen LogP contribution in [0.4, 0.5) is 17.1 Å². The predicted molar refractivity (Wildman–Crippen MR) is 138 cm³/mol. The van der Waals surface area contributed by atoms with Gasteiger partial charge >= 0.3 is 0 Å². The van der Waals surface area contributed by atoms with Crippen molar-refractivity contribution in [1.29, 1.82) is 0 Å². The number of hydrogen-bond acceptors (Lipinski definition) is 5. The van der Waals surface area contributed by atoms with Crippen LogP contribution in [0, 0.1) is 0 Å². The van der Waals surface area contributed by atoms with Crippen LogP contribution < -0.4 is 15.1 Å². The van der Waals surface area contributed by atoms with Crippen molar-refractivity contribution in [1.82, 2.24) is 0 Å². The number of nitrogens with zero attached hydrogens (tertiary/aromatic N) is 2. The van der Waals surface area contributed by atoms with Gasteiger partial charge in [0.2, 0.25) is 5.91 Å². The van der Waals surface area contributed by atoms with Crippen LogP contribution in [-0.2, 0) is 14.4 Å². The molecule has 2 N–H and O–H groups in total. The van der Waals surface area contributed by atoms with E-state index in [2.05, 4.69) is 5.32 Å². The Morgan fingerprint density at radius 3 is 2.31 bits per heavy atom. The average Bonchev–Trinajstić information content (AvgIpc) is 3.09. The summed E-state index contributed by atoms with van der Waals surface area (Å²) in [4.78, 5) is 41.4. The van der Waals surface area contributed by atoms with E-state index in [9.17, 15) is 19.5 Å². The number of Topliss-reactive ketones (excluding diaryl/α,β-unsaturated/α-hetero) is 1. The number of aliphatic hydroxyl groups is 1. The summed E-state index contributed by atoms with van der Waals surface area (Å²) in [6.45, 7) is 1.39. The minimum atomic E-state index is -0.891. The lowest BCUT2D eigenvalue weighted by Gasteiger charge is -2.26. The second-order valence-corrected chi connectivity index (χ2v) is 8.83. The molecule has 0 radical (unpaired) electrons. The van der Waals surface area contributed by atoms with Crippen molar-refractivity contribution >= 4 is 52.0 Å². The molecule has 4 rings (SSSR count). The molecule has 7 nitrogen and oxygen atoms in total. The Hall–Kier alpha value is -4.10. The van der Waals surface area contributed by atoms with Crippen LogP contribution >= 0.6 is 11.6 Å². The number of anilines is 3. The van der Waals surface area contributed by atoms with Gasteiger partial charge in [-0.15, -0.1) is 0 Å². The molecule has 1 aliphatic rings. The van der Waals surface area contributed by atoms with Gasteiger partial charge in [-0.05, 0) is 48.0 Å². The summed E-state index contributed by atoms with van der Waals surface area (Å²) in [6.07, 6.45) is 0. The zero-order chi connectivity index (χ0) is 25.3. The number of ketones is 1. The molecule has 0 bridgehead atoms. The summed E-state index contributed by atoms with van der Waals surface area (Å²) in [6, 6.07) is 19.6. The molecule has 1 atom stereocenters. The fraction of sp³-hybridized carbons (Fsp3) is 0.148. The number of nitrogens with one attached hydrogen (secondary N) is 1. The minimum absolute atomic E-state index is 0.0419. The fourth-order valence-electron chi connectivity index (χ4n) is 4.10. The number of carbonyl (C=O) groups is 3. The van der Waals surface area contributed by atoms with Crippen molar-refractivity contribution in [3.05, 3.63) is 94.5 Å². The van der Waals surface area contributed by atoms with E-state index >= 15 is 0 Å². The Morgan fingerprint density at radius 2 is 1.69 bits per heavy atom. The van der Waals surface area contributed by atoms with Crippen LogP contribution in [0.3, 0.4) is 0 Å². The van der Waals surface area contributed by atoms with Crippen molar-refractivity contribution in [2.24, 2.45) is 0 Å². The van der Waals surface area contributed by atoms with E-state index in [-0.39, 0.29) is 17.2 Å². The first-order valence-corrected chi connectivity index (χ1v) is 11.3. The molecule has 1 heterocycles. The van der Waals surface area contributed by atoms with E-state index in [1.54, 1.807) is 42.5 Å². The van der Waals surface area contributed by atoms with Crippen molar-refractivity contribution in [3.63, 3.8) is 0 Å². The Labute approximate surface area is 208 Å². The number of rotatable bonds is 5. The third-order valence-electron chi connectivity index (χ3n) is 5.71. The Morgan fingerprint density at radius 1 is 1.00 bits per heavy atom. The number of hydrogen-bond donors (Lipinski definition) is 2. The summed E-state index contributed by atoms with van der Waals surface area (Å²) in [7, 11) is 3.82. The molecule has 1 fully saturated rings. The van der Waals surface area contributed by atoms with Gasteiger partial charge in [0.25, 0.3) is 11.7 Å². The highest BCUT2D eigenvalue weighted by atomic mass is 35.5. The van der Waals surface area contributed by atoms with E-state index in [0.717, 1.165) is 5.69 Å². The molecule has 3 aromatic carbocycles. The summed E-state index contributed by atoms with van der Waals surface area (Å²) < 4.78 is 0. The largest absolute Gasteiger partial charge is 0.507 e. The lowest BCUT2D eigenvalue weighted by atomic mass is 9.95. The maximum Gasteiger partial charge on any atom is 0.300 e. The Balaban J connectivity index is 1.92. The Kier molecular flexibility index (Phi) is 6.62. The molecule has 1 unspecified atom stereocenters. The van der Waals surface area contributed by atoms with E-state index in [1.165, 1.54) is 17.9 Å². The normalized spacial score (nSPS) is 16.9. The summed E-state index contributed by atoms with van der Waals surface area (Å²) in [5, 5.41) is 14.3. The lowest BCUT2D eigenvalue weighted by Crippen LogP contribution is -2.29. The zero-order valence-corrected chi connectivity index (χ0v) is 20.2. The number of halogens is 1. The predicted octanol–water partition coefficient (Wildman–Crippen LogP) is 4.99. The van der Waals surface area contributed by atoms with E-state index in [0.29, 0.717) is 27.5 Å². The van der Waals surface area contributed by atoms with Gasteiger partial charge in [0, 0.05) is 48.7 Å². The molecule has 3 aromatic rings. The molecule has 0 saturated carbocycles. The van der Waals surface area contributed by atoms with Crippen molar-refractivity contribution < 1.29 is 19.5 Å². The van der Waals surface area contributed by atoms with E-state index in [1.807, 2.05) is 43.3 Å². The van der Waals surface area contributed by atoms with Crippen LogP contribution in [0.15, 0.2) is 78.4 Å². The highest BCUT2D eigenvalue weighted by molar-refractivity contribution is 6.51. The first kappa shape index (κ1) is 24.0. The van der Waals surface area contributed by atoms with Gasteiger partial charge in [0.05, 0.1) is 11.6 Å². The number of amides is 2. The lowest BCUT2D eigenvalue weighted by molar-refractivity contribution is -0.132. The number of benzene rings is 3. The van der Waals surface area contributed by atoms with Crippen molar-refractivity contribution in [2.75, 3.05) is 29.2 Å². The molecule has 0 spiro atoms. The van der Waals surface area contributed by atoms with Crippen LogP contribution in [0.5, 0.6) is 0 Å². The fourth-order valence-corrected chi connectivity index (χ4v) is 4.29. The van der Waals surface area contributed by atoms with Gasteiger partial charge < -0.3 is 15.3 Å². The topological polar surface area (TPSA) is 90.0 Å². The molecule has 0 aliphatic carbocycles. The van der Waals surface area contributed by atoms with E-state index in [4.69, 9.17) is 11.6 Å². The zero-order valence-electron chi connectivity index (χ0n) is 19.4. The summed E-state index contributed by atoms with van der Waals surface area (Å²) >= 11 is 6.11. The second-order valence-electron chi connectivity index (χ2n) is 8.40. The third-order valence-corrected chi connectivity index (χ3v) is 5.95. The molecular formula is C27H24ClN3O4. The maximum atomic E-state index is 13.3. The standard InChI is InChI=1S/C27H24ClN3O4/c1-16(32)29-20-8-5-9-22(15-20)31-24(17-10-12-21(13-11-17)30(2)3)23(26(34)27(31)35)25(33)18-6-4-7-19(28)14-18/h4-15,24,33H,1-3H3,(H,29,32)/b25-23+. The third kappa shape index (κ3) is 4.76. The molecule has 8 heteroatoms. The van der Waals surface area contributed by atoms with Crippen LogP contribution in [0.25, 0.3) is 5.76 Å². The quantitative estimate of drug-likeness (QED) is 0.299. The molecule has 178 valence electrons. The molecule has 35 heavy (non-hydrogen) atoms. The van der Waals surface area contributed by atoms with Gasteiger partial charge in [0.1, 0.15) is 5.76 Å². The first-order valence-electron chi connectivity index (χ1n) is 10.9. The van der Waals surface area contributed by atoms with Gasteiger partial charge in [-0.2, -0.15) is 0 Å². The molecular weight excluding hydrogens is 466 g/mol. The first-order chi connectivity index (χ1) is 16.7. The van der Waals surface area contributed by atoms with Gasteiger partial charge in [-0.1, -0.05) is 41.9 Å². The molecule has 0 aromatic heterocycles. The van der Waals surface area contributed by atoms with Crippen LogP contribution in [-0.4, -0.2) is 36.8 Å². The highest BCUT2D eigenvalue weighted by Gasteiger charge is 2.47. The molecule has 1 saturated heterocycles. The average molecular weight is 490 g/mol. The summed E-state index contributed by atoms with van der Waals surface area (Å²) in [5.74, 6) is -2.17. The van der Waals surface area contributed by atoms with Gasteiger partial charge in [0.15, 0.2) is 0 Å².